The molecule has 3 heterocycles. The molecular formula is C21H25F2N7O. The Kier molecular flexibility index (Phi) is 5.55. The molecule has 1 aliphatic heterocycles. The molecule has 0 spiro atoms. The van der Waals surface area contributed by atoms with Gasteiger partial charge in [0.25, 0.3) is 0 Å². The summed E-state index contributed by atoms with van der Waals surface area (Å²) < 4.78 is 27.6. The zero-order valence-electron chi connectivity index (χ0n) is 17.7. The van der Waals surface area contributed by atoms with Gasteiger partial charge in [0.15, 0.2) is 0 Å². The van der Waals surface area contributed by atoms with E-state index in [1.807, 2.05) is 0 Å². The van der Waals surface area contributed by atoms with Crippen LogP contribution in [0.3, 0.4) is 0 Å². The molecule has 1 amide bonds. The summed E-state index contributed by atoms with van der Waals surface area (Å²) in [5.74, 6) is -2.67. The number of hydrogen-bond donors (Lipinski definition) is 2. The Balaban J connectivity index is 1.68. The summed E-state index contributed by atoms with van der Waals surface area (Å²) in [4.78, 5) is 23.6. The van der Waals surface area contributed by atoms with Crippen molar-refractivity contribution in [2.24, 2.45) is 11.0 Å². The molecule has 0 atom stereocenters. The molecule has 0 bridgehead atoms. The van der Waals surface area contributed by atoms with Gasteiger partial charge < -0.3 is 10.6 Å². The molecule has 0 radical (unpaired) electrons. The third-order valence-electron chi connectivity index (χ3n) is 5.06. The van der Waals surface area contributed by atoms with E-state index < -0.39 is 11.7 Å². The second-order valence-electron chi connectivity index (χ2n) is 8.18. The van der Waals surface area contributed by atoms with Gasteiger partial charge in [-0.25, -0.2) is 15.0 Å². The minimum atomic E-state index is -3.16. The van der Waals surface area contributed by atoms with Crippen molar-refractivity contribution in [1.82, 2.24) is 20.0 Å². The maximum absolute atomic E-state index is 13.8. The Hall–Kier alpha value is -3.17. The van der Waals surface area contributed by atoms with Crippen LogP contribution in [0, 0.1) is 12.8 Å². The summed E-state index contributed by atoms with van der Waals surface area (Å²) in [5.41, 5.74) is 2.60. The van der Waals surface area contributed by atoms with E-state index in [9.17, 15) is 13.6 Å². The Morgan fingerprint density at radius 2 is 2.03 bits per heavy atom. The zero-order chi connectivity index (χ0) is 22.2. The van der Waals surface area contributed by atoms with Gasteiger partial charge in [0.1, 0.15) is 11.6 Å². The first-order valence-electron chi connectivity index (χ1n) is 10.3. The normalized spacial score (nSPS) is 16.3. The van der Waals surface area contributed by atoms with Gasteiger partial charge in [-0.1, -0.05) is 0 Å². The number of amides is 1. The van der Waals surface area contributed by atoms with Gasteiger partial charge in [-0.05, 0) is 25.7 Å². The molecule has 31 heavy (non-hydrogen) atoms. The number of pyridine rings is 1. The number of aromatic nitrogens is 3. The van der Waals surface area contributed by atoms with E-state index in [4.69, 9.17) is 5.10 Å². The van der Waals surface area contributed by atoms with E-state index in [-0.39, 0.29) is 11.7 Å². The Labute approximate surface area is 179 Å². The number of rotatable bonds is 7. The Bertz CT molecular complexity index is 1030. The number of nitrogens with one attached hydrogen (secondary N) is 2. The summed E-state index contributed by atoms with van der Waals surface area (Å²) in [6.07, 6.45) is 4.89. The maximum atomic E-state index is 13.8. The smallest absolute Gasteiger partial charge is 0.303 e. The van der Waals surface area contributed by atoms with Gasteiger partial charge >= 0.3 is 5.92 Å². The largest absolute Gasteiger partial charge is 0.339 e. The lowest BCUT2D eigenvalue weighted by molar-refractivity contribution is -0.114. The van der Waals surface area contributed by atoms with Gasteiger partial charge in [0, 0.05) is 62.9 Å². The quantitative estimate of drug-likeness (QED) is 0.695. The summed E-state index contributed by atoms with van der Waals surface area (Å²) in [7, 11) is 0. The summed E-state index contributed by atoms with van der Waals surface area (Å²) in [5, 5.41) is 12.6. The number of alkyl halides is 2. The van der Waals surface area contributed by atoms with Crippen LogP contribution in [0.15, 0.2) is 23.4 Å². The van der Waals surface area contributed by atoms with Gasteiger partial charge in [-0.2, -0.15) is 13.9 Å². The molecule has 2 aromatic heterocycles. The fourth-order valence-electron chi connectivity index (χ4n) is 3.43. The van der Waals surface area contributed by atoms with Gasteiger partial charge in [-0.15, -0.1) is 0 Å². The van der Waals surface area contributed by atoms with E-state index in [2.05, 4.69) is 30.6 Å². The lowest BCUT2D eigenvalue weighted by Gasteiger charge is -2.15. The molecule has 2 N–H and O–H groups in total. The lowest BCUT2D eigenvalue weighted by Crippen LogP contribution is -2.16. The van der Waals surface area contributed by atoms with Gasteiger partial charge in [-0.3, -0.25) is 9.80 Å². The molecular weight excluding hydrogens is 404 g/mol. The van der Waals surface area contributed by atoms with E-state index in [1.165, 1.54) is 19.8 Å². The SMILES string of the molecule is CC(=O)Nc1cc(Nc2cc(C)nc(C(C)(F)F)n2)c(C2=NN(CC3CC3)CC2)cn1. The first kappa shape index (κ1) is 21.1. The van der Waals surface area contributed by atoms with Crippen molar-refractivity contribution in [2.45, 2.75) is 46.0 Å². The third-order valence-corrected chi connectivity index (χ3v) is 5.06. The molecule has 1 saturated carbocycles. The topological polar surface area (TPSA) is 95.4 Å². The highest BCUT2D eigenvalue weighted by Gasteiger charge is 2.30. The number of carbonyl (C=O) groups excluding carboxylic acids is 1. The molecule has 0 aromatic carbocycles. The Morgan fingerprint density at radius 1 is 1.26 bits per heavy atom. The van der Waals surface area contributed by atoms with Crippen molar-refractivity contribution >= 4 is 28.9 Å². The highest BCUT2D eigenvalue weighted by molar-refractivity contribution is 6.06. The van der Waals surface area contributed by atoms with E-state index in [0.29, 0.717) is 17.2 Å². The van der Waals surface area contributed by atoms with Crippen LogP contribution in [-0.2, 0) is 10.7 Å². The monoisotopic (exact) mass is 429 g/mol. The molecule has 0 saturated heterocycles. The fourth-order valence-corrected chi connectivity index (χ4v) is 3.43. The van der Waals surface area contributed by atoms with Crippen LogP contribution >= 0.6 is 0 Å². The predicted molar refractivity (Wildman–Crippen MR) is 114 cm³/mol. The van der Waals surface area contributed by atoms with Crippen molar-refractivity contribution in [2.75, 3.05) is 23.7 Å². The van der Waals surface area contributed by atoms with E-state index in [0.717, 1.165) is 43.6 Å². The average molecular weight is 429 g/mol. The number of nitrogens with zero attached hydrogens (tertiary/aromatic N) is 5. The second kappa shape index (κ2) is 8.16. The van der Waals surface area contributed by atoms with Gasteiger partial charge in [0.2, 0.25) is 11.7 Å². The summed E-state index contributed by atoms with van der Waals surface area (Å²) in [6.45, 7) is 5.57. The third kappa shape index (κ3) is 5.31. The minimum absolute atomic E-state index is 0.235. The molecule has 164 valence electrons. The summed E-state index contributed by atoms with van der Waals surface area (Å²) >= 11 is 0. The van der Waals surface area contributed by atoms with Crippen LogP contribution in [0.4, 0.5) is 26.1 Å². The van der Waals surface area contributed by atoms with Crippen LogP contribution in [0.5, 0.6) is 0 Å². The predicted octanol–water partition coefficient (Wildman–Crippen LogP) is 3.81. The number of hydrazone groups is 1. The molecule has 0 unspecified atom stereocenters. The minimum Gasteiger partial charge on any atom is -0.339 e. The highest BCUT2D eigenvalue weighted by Crippen LogP contribution is 2.32. The average Bonchev–Trinajstić information content (AvgIpc) is 3.36. The number of anilines is 3. The molecule has 1 aliphatic carbocycles. The van der Waals surface area contributed by atoms with Crippen molar-refractivity contribution < 1.29 is 13.6 Å². The second-order valence-corrected chi connectivity index (χ2v) is 8.18. The van der Waals surface area contributed by atoms with Crippen LogP contribution in [0.1, 0.15) is 50.2 Å². The van der Waals surface area contributed by atoms with Crippen LogP contribution < -0.4 is 10.6 Å². The first-order chi connectivity index (χ1) is 14.7. The van der Waals surface area contributed by atoms with Crippen LogP contribution in [0.25, 0.3) is 0 Å². The van der Waals surface area contributed by atoms with Crippen LogP contribution in [0.2, 0.25) is 0 Å². The molecule has 10 heteroatoms. The lowest BCUT2D eigenvalue weighted by atomic mass is 10.1. The zero-order valence-corrected chi connectivity index (χ0v) is 17.7. The van der Waals surface area contributed by atoms with E-state index >= 15 is 0 Å². The number of halogens is 2. The molecule has 2 aromatic rings. The fraction of sp³-hybridized carbons (Fsp3) is 0.476. The number of aryl methyl sites for hydroxylation is 1. The standard InChI is InChI=1S/C21H25F2N7O/c1-12-8-19(28-20(25-12)21(3,22)23)27-17-9-18(26-13(2)31)24-10-15(17)16-6-7-30(29-16)11-14-4-5-14/h8-10,14H,4-7,11H2,1-3H3,(H2,24,25,26,27,28,31). The highest BCUT2D eigenvalue weighted by atomic mass is 19.3. The Morgan fingerprint density at radius 3 is 2.71 bits per heavy atom. The molecule has 8 nitrogen and oxygen atoms in total. The molecule has 4 rings (SSSR count). The van der Waals surface area contributed by atoms with Gasteiger partial charge in [0.05, 0.1) is 11.4 Å². The first-order valence-corrected chi connectivity index (χ1v) is 10.3. The van der Waals surface area contributed by atoms with Crippen molar-refractivity contribution in [3.63, 3.8) is 0 Å². The van der Waals surface area contributed by atoms with E-state index in [1.54, 1.807) is 25.3 Å². The molecule has 1 fully saturated rings. The van der Waals surface area contributed by atoms with Crippen molar-refractivity contribution in [1.29, 1.82) is 0 Å². The van der Waals surface area contributed by atoms with Crippen LogP contribution in [-0.4, -0.2) is 44.7 Å². The van der Waals surface area contributed by atoms with Crippen molar-refractivity contribution in [3.8, 4) is 0 Å². The number of hydrogen-bond acceptors (Lipinski definition) is 7. The number of carbonyl (C=O) groups is 1. The molecule has 2 aliphatic rings. The summed E-state index contributed by atoms with van der Waals surface area (Å²) in [6, 6.07) is 3.25. The van der Waals surface area contributed by atoms with Crippen molar-refractivity contribution in [3.05, 3.63) is 35.4 Å². The maximum Gasteiger partial charge on any atom is 0.303 e.